The summed E-state index contributed by atoms with van der Waals surface area (Å²) in [4.78, 5) is 0. The van der Waals surface area contributed by atoms with Crippen LogP contribution in [0.25, 0.3) is 0 Å². The summed E-state index contributed by atoms with van der Waals surface area (Å²) in [5.74, 6) is 0. The second kappa shape index (κ2) is 6.34. The van der Waals surface area contributed by atoms with Crippen molar-refractivity contribution < 1.29 is 0 Å². The zero-order chi connectivity index (χ0) is 12.8. The van der Waals surface area contributed by atoms with E-state index in [0.717, 1.165) is 13.1 Å². The molecule has 0 aliphatic heterocycles. The van der Waals surface area contributed by atoms with Gasteiger partial charge in [0, 0.05) is 19.1 Å². The van der Waals surface area contributed by atoms with Crippen LogP contribution >= 0.6 is 0 Å². The maximum atomic E-state index is 6.15. The predicted octanol–water partition coefficient (Wildman–Crippen LogP) is 2.78. The summed E-state index contributed by atoms with van der Waals surface area (Å²) < 4.78 is 0. The van der Waals surface area contributed by atoms with Gasteiger partial charge in [-0.2, -0.15) is 0 Å². The lowest BCUT2D eigenvalue weighted by molar-refractivity contribution is 0.598. The molecule has 0 heterocycles. The Hall–Kier alpha value is -1.64. The van der Waals surface area contributed by atoms with Gasteiger partial charge in [0.2, 0.25) is 0 Å². The lowest BCUT2D eigenvalue weighted by Crippen LogP contribution is -2.26. The van der Waals surface area contributed by atoms with Crippen molar-refractivity contribution in [2.45, 2.75) is 19.5 Å². The van der Waals surface area contributed by atoms with Crippen molar-refractivity contribution >= 4 is 0 Å². The highest BCUT2D eigenvalue weighted by atomic mass is 14.9. The molecule has 1 unspecified atom stereocenters. The minimum Gasteiger partial charge on any atom is -0.323 e. The molecule has 0 saturated carbocycles. The third-order valence-corrected chi connectivity index (χ3v) is 3.04. The molecule has 2 heteroatoms. The van der Waals surface area contributed by atoms with Gasteiger partial charge in [0.05, 0.1) is 0 Å². The van der Waals surface area contributed by atoms with E-state index in [-0.39, 0.29) is 6.04 Å². The van der Waals surface area contributed by atoms with Gasteiger partial charge in [0.1, 0.15) is 0 Å². The highest BCUT2D eigenvalue weighted by Gasteiger charge is 2.04. The smallest absolute Gasteiger partial charge is 0.0421 e. The van der Waals surface area contributed by atoms with Crippen LogP contribution in [0.15, 0.2) is 54.6 Å². The average Bonchev–Trinajstić information content (AvgIpc) is 2.40. The Morgan fingerprint density at radius 2 is 1.67 bits per heavy atom. The summed E-state index contributed by atoms with van der Waals surface area (Å²) in [5.41, 5.74) is 9.88. The fraction of sp³-hybridized carbons (Fsp3) is 0.250. The van der Waals surface area contributed by atoms with Gasteiger partial charge in [-0.1, -0.05) is 60.2 Å². The van der Waals surface area contributed by atoms with Crippen molar-refractivity contribution in [3.63, 3.8) is 0 Å². The first kappa shape index (κ1) is 12.8. The van der Waals surface area contributed by atoms with Gasteiger partial charge >= 0.3 is 0 Å². The van der Waals surface area contributed by atoms with E-state index in [2.05, 4.69) is 60.8 Å². The van der Waals surface area contributed by atoms with Crippen LogP contribution in [-0.2, 0) is 6.54 Å². The largest absolute Gasteiger partial charge is 0.323 e. The summed E-state index contributed by atoms with van der Waals surface area (Å²) in [5, 5.41) is 3.39. The third kappa shape index (κ3) is 3.69. The second-order valence-corrected chi connectivity index (χ2v) is 4.63. The number of benzene rings is 2. The Kier molecular flexibility index (Phi) is 4.51. The summed E-state index contributed by atoms with van der Waals surface area (Å²) >= 11 is 0. The Bertz CT molecular complexity index is 462. The maximum absolute atomic E-state index is 6.15. The van der Waals surface area contributed by atoms with Crippen molar-refractivity contribution in [1.82, 2.24) is 5.32 Å². The van der Waals surface area contributed by atoms with Crippen LogP contribution in [0, 0.1) is 6.92 Å². The quantitative estimate of drug-likeness (QED) is 0.843. The number of hydrogen-bond donors (Lipinski definition) is 2. The van der Waals surface area contributed by atoms with E-state index in [0.29, 0.717) is 0 Å². The molecule has 0 spiro atoms. The van der Waals surface area contributed by atoms with Crippen LogP contribution in [-0.4, -0.2) is 6.54 Å². The predicted molar refractivity (Wildman–Crippen MR) is 76.3 cm³/mol. The van der Waals surface area contributed by atoms with Gasteiger partial charge in [-0.25, -0.2) is 0 Å². The van der Waals surface area contributed by atoms with Gasteiger partial charge in [0.25, 0.3) is 0 Å². The number of nitrogens with two attached hydrogens (primary N) is 1. The van der Waals surface area contributed by atoms with E-state index < -0.39 is 0 Å². The fourth-order valence-corrected chi connectivity index (χ4v) is 1.90. The molecule has 0 aliphatic rings. The molecule has 0 aliphatic carbocycles. The van der Waals surface area contributed by atoms with Crippen LogP contribution in [0.3, 0.4) is 0 Å². The minimum atomic E-state index is 0.0503. The number of nitrogens with one attached hydrogen (secondary N) is 1. The minimum absolute atomic E-state index is 0.0503. The van der Waals surface area contributed by atoms with E-state index in [9.17, 15) is 0 Å². The first-order valence-corrected chi connectivity index (χ1v) is 6.32. The van der Waals surface area contributed by atoms with Gasteiger partial charge < -0.3 is 11.1 Å². The monoisotopic (exact) mass is 240 g/mol. The third-order valence-electron chi connectivity index (χ3n) is 3.04. The van der Waals surface area contributed by atoms with E-state index in [1.165, 1.54) is 16.7 Å². The molecule has 0 radical (unpaired) electrons. The molecule has 3 N–H and O–H groups in total. The van der Waals surface area contributed by atoms with Crippen LogP contribution in [0.4, 0.5) is 0 Å². The van der Waals surface area contributed by atoms with E-state index in [1.54, 1.807) is 0 Å². The molecule has 0 fully saturated rings. The zero-order valence-corrected chi connectivity index (χ0v) is 10.8. The number of hydrogen-bond acceptors (Lipinski definition) is 2. The summed E-state index contributed by atoms with van der Waals surface area (Å²) in [6, 6.07) is 18.8. The highest BCUT2D eigenvalue weighted by Crippen LogP contribution is 2.10. The van der Waals surface area contributed by atoms with Crippen molar-refractivity contribution in [1.29, 1.82) is 0 Å². The fourth-order valence-electron chi connectivity index (χ4n) is 1.90. The van der Waals surface area contributed by atoms with Crippen LogP contribution in [0.2, 0.25) is 0 Å². The summed E-state index contributed by atoms with van der Waals surface area (Å²) in [6.45, 7) is 3.74. The summed E-state index contributed by atoms with van der Waals surface area (Å²) in [7, 11) is 0. The Labute approximate surface area is 109 Å². The molecule has 0 bridgehead atoms. The molecule has 2 nitrogen and oxygen atoms in total. The first-order valence-electron chi connectivity index (χ1n) is 6.32. The van der Waals surface area contributed by atoms with E-state index >= 15 is 0 Å². The van der Waals surface area contributed by atoms with Crippen molar-refractivity contribution in [3.8, 4) is 0 Å². The molecule has 2 aromatic carbocycles. The number of rotatable bonds is 5. The molecule has 2 aromatic rings. The molecule has 0 amide bonds. The Morgan fingerprint density at radius 1 is 1.00 bits per heavy atom. The van der Waals surface area contributed by atoms with Gasteiger partial charge in [-0.3, -0.25) is 0 Å². The van der Waals surface area contributed by atoms with E-state index in [4.69, 9.17) is 5.73 Å². The molecule has 1 atom stereocenters. The molecule has 2 rings (SSSR count). The molecule has 0 aromatic heterocycles. The van der Waals surface area contributed by atoms with E-state index in [1.807, 2.05) is 6.07 Å². The zero-order valence-electron chi connectivity index (χ0n) is 10.8. The van der Waals surface area contributed by atoms with Gasteiger partial charge in [-0.05, 0) is 18.1 Å². The molecule has 18 heavy (non-hydrogen) atoms. The number of aryl methyl sites for hydroxylation is 1. The molecular formula is C16H20N2. The van der Waals surface area contributed by atoms with Gasteiger partial charge in [0.15, 0.2) is 0 Å². The second-order valence-electron chi connectivity index (χ2n) is 4.63. The summed E-state index contributed by atoms with van der Waals surface area (Å²) in [6.07, 6.45) is 0. The van der Waals surface area contributed by atoms with Crippen molar-refractivity contribution in [2.24, 2.45) is 5.73 Å². The highest BCUT2D eigenvalue weighted by molar-refractivity contribution is 5.24. The van der Waals surface area contributed by atoms with Crippen molar-refractivity contribution in [2.75, 3.05) is 6.54 Å². The molecular weight excluding hydrogens is 220 g/mol. The van der Waals surface area contributed by atoms with Gasteiger partial charge in [-0.15, -0.1) is 0 Å². The normalized spacial score (nSPS) is 12.3. The standard InChI is InChI=1S/C16H20N2/c1-13-7-9-15(10-8-13)16(17)12-18-11-14-5-3-2-4-6-14/h2-10,16,18H,11-12,17H2,1H3. The maximum Gasteiger partial charge on any atom is 0.0421 e. The van der Waals surface area contributed by atoms with Crippen LogP contribution < -0.4 is 11.1 Å². The lowest BCUT2D eigenvalue weighted by Gasteiger charge is -2.13. The lowest BCUT2D eigenvalue weighted by atomic mass is 10.1. The van der Waals surface area contributed by atoms with Crippen LogP contribution in [0.1, 0.15) is 22.7 Å². The topological polar surface area (TPSA) is 38.0 Å². The average molecular weight is 240 g/mol. The SMILES string of the molecule is Cc1ccc(C(N)CNCc2ccccc2)cc1. The van der Waals surface area contributed by atoms with Crippen molar-refractivity contribution in [3.05, 3.63) is 71.3 Å². The van der Waals surface area contributed by atoms with Crippen LogP contribution in [0.5, 0.6) is 0 Å². The first-order chi connectivity index (χ1) is 8.75. The molecule has 0 saturated heterocycles. The Balaban J connectivity index is 1.81. The Morgan fingerprint density at radius 3 is 2.33 bits per heavy atom. The molecule has 94 valence electrons.